The zero-order chi connectivity index (χ0) is 15.6. The van der Waals surface area contributed by atoms with Gasteiger partial charge in [0.1, 0.15) is 0 Å². The first-order valence-corrected chi connectivity index (χ1v) is 7.94. The van der Waals surface area contributed by atoms with E-state index in [-0.39, 0.29) is 4.47 Å². The summed E-state index contributed by atoms with van der Waals surface area (Å²) in [5.74, 6) is 3.70. The number of hydrogen-bond donors (Lipinski definition) is 2. The minimum atomic E-state index is -0.936. The first kappa shape index (κ1) is 16.8. The summed E-state index contributed by atoms with van der Waals surface area (Å²) in [4.78, 5) is 0. The SMILES string of the molecule is NNC(Cc1ccc(Br)cc1Cl)c1ccc(F)c(F)c1Br. The van der Waals surface area contributed by atoms with E-state index in [1.807, 2.05) is 12.1 Å². The van der Waals surface area contributed by atoms with Crippen molar-refractivity contribution in [3.63, 3.8) is 0 Å². The molecule has 112 valence electrons. The highest BCUT2D eigenvalue weighted by molar-refractivity contribution is 9.10. The van der Waals surface area contributed by atoms with Crippen LogP contribution in [0.1, 0.15) is 17.2 Å². The van der Waals surface area contributed by atoms with E-state index in [4.69, 9.17) is 17.4 Å². The van der Waals surface area contributed by atoms with Crippen molar-refractivity contribution in [2.45, 2.75) is 12.5 Å². The van der Waals surface area contributed by atoms with Crippen molar-refractivity contribution in [3.8, 4) is 0 Å². The Kier molecular flexibility index (Phi) is 5.73. The molecule has 0 aliphatic carbocycles. The molecule has 21 heavy (non-hydrogen) atoms. The van der Waals surface area contributed by atoms with Crippen LogP contribution in [0.25, 0.3) is 0 Å². The van der Waals surface area contributed by atoms with E-state index in [1.165, 1.54) is 6.07 Å². The third-order valence-electron chi connectivity index (χ3n) is 3.08. The van der Waals surface area contributed by atoms with Crippen LogP contribution < -0.4 is 11.3 Å². The van der Waals surface area contributed by atoms with Gasteiger partial charge in [0.05, 0.1) is 10.5 Å². The Balaban J connectivity index is 2.34. The Morgan fingerprint density at radius 3 is 2.52 bits per heavy atom. The number of benzene rings is 2. The van der Waals surface area contributed by atoms with E-state index in [2.05, 4.69) is 37.3 Å². The fourth-order valence-corrected chi connectivity index (χ4v) is 3.32. The van der Waals surface area contributed by atoms with Crippen molar-refractivity contribution < 1.29 is 8.78 Å². The molecule has 0 amide bonds. The van der Waals surface area contributed by atoms with Crippen LogP contribution in [-0.2, 0) is 6.42 Å². The van der Waals surface area contributed by atoms with Crippen LogP contribution in [-0.4, -0.2) is 0 Å². The Hall–Kier alpha value is -0.530. The fraction of sp³-hybridized carbons (Fsp3) is 0.143. The second kappa shape index (κ2) is 7.15. The number of rotatable bonds is 4. The van der Waals surface area contributed by atoms with E-state index in [9.17, 15) is 8.78 Å². The first-order chi connectivity index (χ1) is 9.93. The fourth-order valence-electron chi connectivity index (χ4n) is 1.98. The van der Waals surface area contributed by atoms with Crippen LogP contribution in [0, 0.1) is 11.6 Å². The van der Waals surface area contributed by atoms with Crippen LogP contribution in [0.3, 0.4) is 0 Å². The van der Waals surface area contributed by atoms with Gasteiger partial charge in [-0.25, -0.2) is 8.78 Å². The molecule has 2 nitrogen and oxygen atoms in total. The minimum Gasteiger partial charge on any atom is -0.271 e. The summed E-state index contributed by atoms with van der Waals surface area (Å²) in [6.07, 6.45) is 0.437. The highest BCUT2D eigenvalue weighted by Crippen LogP contribution is 2.31. The van der Waals surface area contributed by atoms with Gasteiger partial charge in [0.15, 0.2) is 11.6 Å². The Bertz CT molecular complexity index is 668. The van der Waals surface area contributed by atoms with Crippen molar-refractivity contribution in [2.24, 2.45) is 5.84 Å². The van der Waals surface area contributed by atoms with E-state index < -0.39 is 17.7 Å². The van der Waals surface area contributed by atoms with Gasteiger partial charge in [-0.15, -0.1) is 0 Å². The van der Waals surface area contributed by atoms with Crippen molar-refractivity contribution >= 4 is 43.5 Å². The summed E-state index contributed by atoms with van der Waals surface area (Å²) in [6, 6.07) is 7.63. The molecule has 2 aromatic rings. The molecule has 0 aromatic heterocycles. The molecule has 3 N–H and O–H groups in total. The van der Waals surface area contributed by atoms with Gasteiger partial charge in [0.2, 0.25) is 0 Å². The molecule has 1 atom stereocenters. The maximum Gasteiger partial charge on any atom is 0.173 e. The third-order valence-corrected chi connectivity index (χ3v) is 4.73. The topological polar surface area (TPSA) is 38.0 Å². The maximum atomic E-state index is 13.6. The maximum absolute atomic E-state index is 13.6. The molecule has 0 saturated carbocycles. The summed E-state index contributed by atoms with van der Waals surface area (Å²) < 4.78 is 27.7. The zero-order valence-electron chi connectivity index (χ0n) is 10.6. The van der Waals surface area contributed by atoms with Gasteiger partial charge in [-0.2, -0.15) is 0 Å². The monoisotopic (exact) mass is 438 g/mol. The largest absolute Gasteiger partial charge is 0.271 e. The van der Waals surface area contributed by atoms with Gasteiger partial charge in [0, 0.05) is 9.50 Å². The van der Waals surface area contributed by atoms with Crippen LogP contribution >= 0.6 is 43.5 Å². The molecular formula is C14H11Br2ClF2N2. The molecule has 0 heterocycles. The molecule has 1 unspecified atom stereocenters. The van der Waals surface area contributed by atoms with Crippen LogP contribution in [0.4, 0.5) is 8.78 Å². The second-order valence-corrected chi connectivity index (χ2v) is 6.54. The molecular weight excluding hydrogens is 429 g/mol. The quantitative estimate of drug-likeness (QED) is 0.404. The molecule has 0 aliphatic heterocycles. The van der Waals surface area contributed by atoms with Crippen LogP contribution in [0.5, 0.6) is 0 Å². The standard InChI is InChI=1S/C14H11Br2ClF2N2/c15-8-2-1-7(10(17)6-8)5-12(21-20)9-3-4-11(18)14(19)13(9)16/h1-4,6,12,21H,5,20H2. The van der Waals surface area contributed by atoms with E-state index in [0.29, 0.717) is 17.0 Å². The predicted octanol–water partition coefficient (Wildman–Crippen LogP) is 4.89. The lowest BCUT2D eigenvalue weighted by Crippen LogP contribution is -2.30. The van der Waals surface area contributed by atoms with Gasteiger partial charge in [-0.05, 0) is 51.7 Å². The molecule has 2 aromatic carbocycles. The van der Waals surface area contributed by atoms with Crippen molar-refractivity contribution in [2.75, 3.05) is 0 Å². The average Bonchev–Trinajstić information content (AvgIpc) is 2.45. The summed E-state index contributed by atoms with van der Waals surface area (Å²) in [6.45, 7) is 0. The number of nitrogens with one attached hydrogen (secondary N) is 1. The molecule has 0 fully saturated rings. The molecule has 0 spiro atoms. The highest BCUT2D eigenvalue weighted by Gasteiger charge is 2.19. The van der Waals surface area contributed by atoms with Crippen molar-refractivity contribution in [1.29, 1.82) is 0 Å². The molecule has 0 bridgehead atoms. The first-order valence-electron chi connectivity index (χ1n) is 5.97. The Morgan fingerprint density at radius 1 is 1.19 bits per heavy atom. The van der Waals surface area contributed by atoms with Crippen molar-refractivity contribution in [3.05, 3.63) is 67.1 Å². The van der Waals surface area contributed by atoms with Crippen molar-refractivity contribution in [1.82, 2.24) is 5.43 Å². The average molecular weight is 441 g/mol. The number of hydrazine groups is 1. The van der Waals surface area contributed by atoms with Crippen LogP contribution in [0.15, 0.2) is 39.3 Å². The van der Waals surface area contributed by atoms with Gasteiger partial charge in [0.25, 0.3) is 0 Å². The van der Waals surface area contributed by atoms with E-state index >= 15 is 0 Å². The molecule has 2 rings (SSSR count). The molecule has 0 aliphatic rings. The van der Waals surface area contributed by atoms with E-state index in [0.717, 1.165) is 16.1 Å². The van der Waals surface area contributed by atoms with Gasteiger partial charge >= 0.3 is 0 Å². The molecule has 7 heteroatoms. The molecule has 0 radical (unpaired) electrons. The van der Waals surface area contributed by atoms with E-state index in [1.54, 1.807) is 6.07 Å². The number of halogens is 5. The summed E-state index contributed by atoms with van der Waals surface area (Å²) in [5.41, 5.74) is 3.98. The Labute approximate surface area is 142 Å². The number of nitrogens with two attached hydrogens (primary N) is 1. The lowest BCUT2D eigenvalue weighted by atomic mass is 9.99. The van der Waals surface area contributed by atoms with Gasteiger partial charge in [-0.3, -0.25) is 11.3 Å². The Morgan fingerprint density at radius 2 is 1.90 bits per heavy atom. The third kappa shape index (κ3) is 3.81. The second-order valence-electron chi connectivity index (χ2n) is 4.42. The lowest BCUT2D eigenvalue weighted by Gasteiger charge is -2.19. The van der Waals surface area contributed by atoms with Gasteiger partial charge in [-0.1, -0.05) is 39.7 Å². The molecule has 0 saturated heterocycles. The zero-order valence-corrected chi connectivity index (χ0v) is 14.6. The predicted molar refractivity (Wildman–Crippen MR) is 87.0 cm³/mol. The van der Waals surface area contributed by atoms with Gasteiger partial charge < -0.3 is 0 Å². The lowest BCUT2D eigenvalue weighted by molar-refractivity contribution is 0.491. The minimum absolute atomic E-state index is 0.0543. The normalized spacial score (nSPS) is 12.5. The summed E-state index contributed by atoms with van der Waals surface area (Å²) in [5, 5.41) is 0.573. The summed E-state index contributed by atoms with van der Waals surface area (Å²) in [7, 11) is 0. The highest BCUT2D eigenvalue weighted by atomic mass is 79.9. The van der Waals surface area contributed by atoms with Crippen LogP contribution in [0.2, 0.25) is 5.02 Å². The smallest absolute Gasteiger partial charge is 0.173 e. The number of hydrogen-bond acceptors (Lipinski definition) is 2. The summed E-state index contributed by atoms with van der Waals surface area (Å²) >= 11 is 12.6.